The Morgan fingerprint density at radius 2 is 1.39 bits per heavy atom. The lowest BCUT2D eigenvalue weighted by molar-refractivity contribution is -0.730. The minimum atomic E-state index is 0.258. The van der Waals surface area contributed by atoms with Gasteiger partial charge in [0, 0.05) is 28.3 Å². The zero-order valence-electron chi connectivity index (χ0n) is 26.1. The van der Waals surface area contributed by atoms with Crippen molar-refractivity contribution in [3.05, 3.63) is 35.9 Å². The van der Waals surface area contributed by atoms with Crippen molar-refractivity contribution in [3.63, 3.8) is 0 Å². The van der Waals surface area contributed by atoms with E-state index in [1.807, 2.05) is 0 Å². The maximum absolute atomic E-state index is 5.52. The summed E-state index contributed by atoms with van der Waals surface area (Å²) in [5.41, 5.74) is 3.14. The van der Waals surface area contributed by atoms with Crippen LogP contribution in [-0.2, 0) is 23.8 Å². The molecule has 2 heterocycles. The Hall–Kier alpha value is -1.78. The van der Waals surface area contributed by atoms with Gasteiger partial charge in [0.15, 0.2) is 0 Å². The van der Waals surface area contributed by atoms with Crippen molar-refractivity contribution >= 4 is 0 Å². The third-order valence-electron chi connectivity index (χ3n) is 13.3. The monoisotopic (exact) mass is 556 g/mol. The predicted molar refractivity (Wildman–Crippen MR) is 161 cm³/mol. The summed E-state index contributed by atoms with van der Waals surface area (Å²) < 4.78 is 4.94. The minimum absolute atomic E-state index is 0.258. The highest BCUT2D eigenvalue weighted by Crippen LogP contribution is 2.60. The Balaban J connectivity index is 1.11. The smallest absolute Gasteiger partial charge is 0.237 e. The Kier molecular flexibility index (Phi) is 6.64. The lowest BCUT2D eigenvalue weighted by Crippen LogP contribution is -2.52. The first-order chi connectivity index (χ1) is 19.9. The number of aryl methyl sites for hydroxylation is 1. The molecule has 2 aromatic rings. The van der Waals surface area contributed by atoms with Gasteiger partial charge in [0.05, 0.1) is 6.04 Å². The Bertz CT molecular complexity index is 1190. The second-order valence-electron chi connectivity index (χ2n) is 16.4. The van der Waals surface area contributed by atoms with Crippen LogP contribution in [0.2, 0.25) is 0 Å². The average molecular weight is 557 g/mol. The zero-order valence-corrected chi connectivity index (χ0v) is 26.1. The molecule has 41 heavy (non-hydrogen) atoms. The topological polar surface area (TPSA) is 47.5 Å². The Morgan fingerprint density at radius 3 is 1.95 bits per heavy atom. The minimum Gasteiger partial charge on any atom is -0.237 e. The highest BCUT2D eigenvalue weighted by molar-refractivity contribution is 5.22. The highest BCUT2D eigenvalue weighted by atomic mass is 15.4. The molecule has 0 amide bonds. The second-order valence-corrected chi connectivity index (χ2v) is 16.4. The molecule has 222 valence electrons. The van der Waals surface area contributed by atoms with E-state index in [0.29, 0.717) is 12.0 Å². The predicted octanol–water partition coefficient (Wildman–Crippen LogP) is 7.53. The lowest BCUT2D eigenvalue weighted by Gasteiger charge is -2.56. The normalized spacial score (nSPS) is 39.9. The molecule has 8 fully saturated rings. The van der Waals surface area contributed by atoms with E-state index < -0.39 is 0 Å². The first-order valence-corrected chi connectivity index (χ1v) is 17.8. The third kappa shape index (κ3) is 4.71. The molecule has 0 N–H and O–H groups in total. The van der Waals surface area contributed by atoms with Gasteiger partial charge in [0.1, 0.15) is 11.4 Å². The van der Waals surface area contributed by atoms with Gasteiger partial charge in [0.2, 0.25) is 6.33 Å². The summed E-state index contributed by atoms with van der Waals surface area (Å²) in [6, 6.07) is 2.78. The fourth-order valence-corrected chi connectivity index (χ4v) is 11.9. The van der Waals surface area contributed by atoms with Crippen LogP contribution in [0.25, 0.3) is 0 Å². The molecular formula is C36H54N5+. The quantitative estimate of drug-likeness (QED) is 0.284. The van der Waals surface area contributed by atoms with Gasteiger partial charge < -0.3 is 0 Å². The summed E-state index contributed by atoms with van der Waals surface area (Å²) in [6.45, 7) is 7.10. The van der Waals surface area contributed by atoms with E-state index in [1.54, 1.807) is 0 Å². The van der Waals surface area contributed by atoms with Crippen molar-refractivity contribution in [2.24, 2.45) is 41.4 Å². The standard InChI is InChI=1S/C36H54N5/c1-4-6-7-31-14-32(39-34(38-31)35-16-25-8-26(17-35)10-27(9-25)18-35)15-33(24(3)5-2)40-22-37-41(23-40)36-19-28-11-29(20-36)13-30(12-28)21-36/h14,22-30,33H,4-13,15-21H2,1-3H3/q+1/t24-,25?,26?,27?,28?,29?,30?,33+,35?,36?/m0/s1. The molecular weight excluding hydrogens is 502 g/mol. The number of rotatable bonds is 10. The largest absolute Gasteiger partial charge is 0.265 e. The molecule has 0 unspecified atom stereocenters. The highest BCUT2D eigenvalue weighted by Gasteiger charge is 2.56. The summed E-state index contributed by atoms with van der Waals surface area (Å²) in [5, 5.41) is 5.13. The van der Waals surface area contributed by atoms with Crippen LogP contribution in [-0.4, -0.2) is 19.7 Å². The Morgan fingerprint density at radius 1 is 0.829 bits per heavy atom. The van der Waals surface area contributed by atoms with Crippen LogP contribution < -0.4 is 4.57 Å². The van der Waals surface area contributed by atoms with Crippen molar-refractivity contribution in [2.45, 2.75) is 147 Å². The summed E-state index contributed by atoms with van der Waals surface area (Å²) in [5.74, 6) is 7.40. The van der Waals surface area contributed by atoms with Crippen molar-refractivity contribution in [1.29, 1.82) is 0 Å². The van der Waals surface area contributed by atoms with E-state index >= 15 is 0 Å². The zero-order chi connectivity index (χ0) is 27.8. The first kappa shape index (κ1) is 26.8. The van der Waals surface area contributed by atoms with E-state index in [0.717, 1.165) is 48.3 Å². The maximum atomic E-state index is 5.52. The third-order valence-corrected chi connectivity index (χ3v) is 13.3. The number of nitrogens with zero attached hydrogens (tertiary/aromatic N) is 5. The summed E-state index contributed by atoms with van der Waals surface area (Å²) in [7, 11) is 0. The summed E-state index contributed by atoms with van der Waals surface area (Å²) in [4.78, 5) is 10.9. The summed E-state index contributed by atoms with van der Waals surface area (Å²) >= 11 is 0. The van der Waals surface area contributed by atoms with Crippen LogP contribution in [0.15, 0.2) is 18.7 Å². The van der Waals surface area contributed by atoms with Crippen LogP contribution in [0.4, 0.5) is 0 Å². The van der Waals surface area contributed by atoms with E-state index in [1.165, 1.54) is 114 Å². The molecule has 2 aromatic heterocycles. The molecule has 8 bridgehead atoms. The molecule has 0 saturated heterocycles. The SMILES string of the molecule is CCCCc1cc(C[C@H]([C@@H](C)CC)[n+]2cnn(C34CC5CC(CC(C5)C3)C4)c2)nc(C23CC4CC(CC(C4)C2)C3)n1. The second kappa shape index (κ2) is 10.2. The number of hydrogen-bond donors (Lipinski definition) is 0. The summed E-state index contributed by atoms with van der Waals surface area (Å²) in [6.07, 6.45) is 27.3. The van der Waals surface area contributed by atoms with E-state index in [2.05, 4.69) is 48.7 Å². The van der Waals surface area contributed by atoms with Gasteiger partial charge in [-0.1, -0.05) is 33.6 Å². The first-order valence-electron chi connectivity index (χ1n) is 17.8. The molecule has 0 aliphatic heterocycles. The fraction of sp³-hybridized carbons (Fsp3) is 0.833. The van der Waals surface area contributed by atoms with Crippen molar-refractivity contribution in [1.82, 2.24) is 19.7 Å². The van der Waals surface area contributed by atoms with Crippen LogP contribution in [0, 0.1) is 41.4 Å². The van der Waals surface area contributed by atoms with Gasteiger partial charge >= 0.3 is 0 Å². The van der Waals surface area contributed by atoms with Gasteiger partial charge in [-0.2, -0.15) is 0 Å². The van der Waals surface area contributed by atoms with E-state index in [9.17, 15) is 0 Å². The van der Waals surface area contributed by atoms with Crippen LogP contribution in [0.5, 0.6) is 0 Å². The van der Waals surface area contributed by atoms with Crippen LogP contribution in [0.1, 0.15) is 140 Å². The molecule has 5 heteroatoms. The van der Waals surface area contributed by atoms with Crippen molar-refractivity contribution < 1.29 is 4.57 Å². The van der Waals surface area contributed by atoms with Gasteiger partial charge in [-0.05, 0) is 137 Å². The lowest BCUT2D eigenvalue weighted by atomic mass is 9.49. The average Bonchev–Trinajstić information content (AvgIpc) is 3.44. The van der Waals surface area contributed by atoms with Gasteiger partial charge in [-0.3, -0.25) is 0 Å². The maximum Gasteiger partial charge on any atom is 0.265 e. The molecule has 0 radical (unpaired) electrons. The van der Waals surface area contributed by atoms with Crippen molar-refractivity contribution in [3.8, 4) is 0 Å². The van der Waals surface area contributed by atoms with Crippen molar-refractivity contribution in [2.75, 3.05) is 0 Å². The Labute approximate surface area is 248 Å². The van der Waals surface area contributed by atoms with Crippen LogP contribution in [0.3, 0.4) is 0 Å². The van der Waals surface area contributed by atoms with Crippen LogP contribution >= 0.6 is 0 Å². The van der Waals surface area contributed by atoms with Gasteiger partial charge in [-0.25, -0.2) is 14.5 Å². The molecule has 8 saturated carbocycles. The number of unbranched alkanes of at least 4 members (excludes halogenated alkanes) is 1. The molecule has 8 aliphatic rings. The van der Waals surface area contributed by atoms with Gasteiger partial charge in [0.25, 0.3) is 6.33 Å². The number of hydrogen-bond acceptors (Lipinski definition) is 3. The molecule has 5 nitrogen and oxygen atoms in total. The molecule has 10 rings (SSSR count). The van der Waals surface area contributed by atoms with E-state index in [-0.39, 0.29) is 11.0 Å². The number of aromatic nitrogens is 5. The van der Waals surface area contributed by atoms with Gasteiger partial charge in [-0.15, -0.1) is 4.68 Å². The molecule has 8 aliphatic carbocycles. The molecule has 0 aromatic carbocycles. The molecule has 2 atom stereocenters. The molecule has 0 spiro atoms. The fourth-order valence-electron chi connectivity index (χ4n) is 11.9. The van der Waals surface area contributed by atoms with E-state index in [4.69, 9.17) is 15.1 Å².